The van der Waals surface area contributed by atoms with Gasteiger partial charge in [0.15, 0.2) is 17.3 Å². The number of halogens is 1. The topological polar surface area (TPSA) is 47.6 Å². The van der Waals surface area contributed by atoms with Gasteiger partial charge in [-0.3, -0.25) is 4.79 Å². The van der Waals surface area contributed by atoms with Gasteiger partial charge in [-0.15, -0.1) is 0 Å². The smallest absolute Gasteiger partial charge is 0.188 e. The average Bonchev–Trinajstić information content (AvgIpc) is 2.71. The Labute approximate surface area is 176 Å². The van der Waals surface area contributed by atoms with Crippen LogP contribution in [0.3, 0.4) is 0 Å². The van der Waals surface area contributed by atoms with Crippen LogP contribution in [0, 0.1) is 0 Å². The van der Waals surface area contributed by atoms with Crippen LogP contribution in [0.4, 0.5) is 0 Å². The number of methoxy groups -OCH3 is 2. The lowest BCUT2D eigenvalue weighted by Gasteiger charge is -2.13. The number of hydrogen-bond donors (Lipinski definition) is 1. The van der Waals surface area contributed by atoms with Crippen molar-refractivity contribution in [3.05, 3.63) is 69.8 Å². The van der Waals surface area contributed by atoms with E-state index >= 15 is 0 Å². The number of benzene rings is 2. The zero-order valence-corrected chi connectivity index (χ0v) is 18.3. The Kier molecular flexibility index (Phi) is 9.08. The molecule has 0 bridgehead atoms. The number of nitrogens with one attached hydrogen (secondary N) is 1. The van der Waals surface area contributed by atoms with Crippen LogP contribution < -0.4 is 14.8 Å². The van der Waals surface area contributed by atoms with Gasteiger partial charge in [0, 0.05) is 28.4 Å². The summed E-state index contributed by atoms with van der Waals surface area (Å²) in [5.41, 5.74) is 2.80. The molecule has 0 unspecified atom stereocenters. The van der Waals surface area contributed by atoms with Gasteiger partial charge in [0.2, 0.25) is 0 Å². The van der Waals surface area contributed by atoms with E-state index in [0.717, 1.165) is 59.5 Å². The number of unbranched alkanes of at least 4 members (excludes halogenated alkanes) is 1. The van der Waals surface area contributed by atoms with Gasteiger partial charge in [-0.25, -0.2) is 0 Å². The van der Waals surface area contributed by atoms with Crippen LogP contribution in [0.25, 0.3) is 0 Å². The standard InChI is InChI=1S/C23H28BrNO3/c1-4-5-8-18(16-21(26)19-9-6-7-10-20(19)24)25-14-13-17-11-12-22(27-2)23(15-17)28-3/h6-7,9-12,15-16,25H,4-5,8,13-14H2,1-3H3/b18-16-. The molecule has 150 valence electrons. The highest BCUT2D eigenvalue weighted by Gasteiger charge is 2.09. The highest BCUT2D eigenvalue weighted by atomic mass is 79.9. The Balaban J connectivity index is 2.04. The zero-order chi connectivity index (χ0) is 20.4. The molecule has 0 fully saturated rings. The molecule has 0 spiro atoms. The third kappa shape index (κ3) is 6.41. The zero-order valence-electron chi connectivity index (χ0n) is 16.8. The molecule has 0 amide bonds. The van der Waals surface area contributed by atoms with Crippen LogP contribution in [0.2, 0.25) is 0 Å². The van der Waals surface area contributed by atoms with Gasteiger partial charge in [0.1, 0.15) is 0 Å². The first-order valence-corrected chi connectivity index (χ1v) is 10.3. The Morgan fingerprint density at radius 2 is 1.86 bits per heavy atom. The van der Waals surface area contributed by atoms with E-state index < -0.39 is 0 Å². The predicted octanol–water partition coefficient (Wildman–Crippen LogP) is 5.56. The van der Waals surface area contributed by atoms with Gasteiger partial charge < -0.3 is 14.8 Å². The molecule has 0 radical (unpaired) electrons. The fraction of sp³-hybridized carbons (Fsp3) is 0.348. The van der Waals surface area contributed by atoms with Crippen LogP contribution in [-0.2, 0) is 6.42 Å². The maximum atomic E-state index is 12.6. The summed E-state index contributed by atoms with van der Waals surface area (Å²) in [5, 5.41) is 3.44. The summed E-state index contributed by atoms with van der Waals surface area (Å²) in [5.74, 6) is 1.46. The number of hydrogen-bond acceptors (Lipinski definition) is 4. The Morgan fingerprint density at radius 3 is 2.54 bits per heavy atom. The highest BCUT2D eigenvalue weighted by molar-refractivity contribution is 9.10. The second-order valence-electron chi connectivity index (χ2n) is 6.48. The van der Waals surface area contributed by atoms with Crippen molar-refractivity contribution in [2.75, 3.05) is 20.8 Å². The van der Waals surface area contributed by atoms with E-state index in [2.05, 4.69) is 28.2 Å². The number of carbonyl (C=O) groups is 1. The second kappa shape index (κ2) is 11.5. The molecule has 0 saturated carbocycles. The Morgan fingerprint density at radius 1 is 1.11 bits per heavy atom. The first kappa shape index (κ1) is 22.0. The third-order valence-electron chi connectivity index (χ3n) is 4.46. The fourth-order valence-corrected chi connectivity index (χ4v) is 3.36. The summed E-state index contributed by atoms with van der Waals surface area (Å²) in [6, 6.07) is 13.4. The lowest BCUT2D eigenvalue weighted by molar-refractivity contribution is 0.104. The van der Waals surface area contributed by atoms with Gasteiger partial charge in [0.05, 0.1) is 14.2 Å². The molecular weight excluding hydrogens is 418 g/mol. The van der Waals surface area contributed by atoms with Crippen molar-refractivity contribution in [3.8, 4) is 11.5 Å². The monoisotopic (exact) mass is 445 g/mol. The summed E-state index contributed by atoms with van der Waals surface area (Å²) >= 11 is 3.46. The van der Waals surface area contributed by atoms with Gasteiger partial charge in [-0.2, -0.15) is 0 Å². The summed E-state index contributed by atoms with van der Waals surface area (Å²) in [4.78, 5) is 12.6. The molecule has 0 atom stereocenters. The van der Waals surface area contributed by atoms with E-state index in [0.29, 0.717) is 5.56 Å². The maximum absolute atomic E-state index is 12.6. The minimum absolute atomic E-state index is 0.0113. The molecule has 0 heterocycles. The number of allylic oxidation sites excluding steroid dienone is 2. The van der Waals surface area contributed by atoms with Crippen molar-refractivity contribution in [2.45, 2.75) is 32.6 Å². The van der Waals surface area contributed by atoms with Crippen LogP contribution >= 0.6 is 15.9 Å². The molecule has 2 aromatic rings. The predicted molar refractivity (Wildman–Crippen MR) is 117 cm³/mol. The van der Waals surface area contributed by atoms with Crippen LogP contribution in [0.1, 0.15) is 42.1 Å². The lowest BCUT2D eigenvalue weighted by Crippen LogP contribution is -2.18. The fourth-order valence-electron chi connectivity index (χ4n) is 2.88. The van der Waals surface area contributed by atoms with E-state index in [1.807, 2.05) is 42.5 Å². The molecule has 0 saturated heterocycles. The first-order valence-electron chi connectivity index (χ1n) is 9.53. The van der Waals surface area contributed by atoms with Gasteiger partial charge in [-0.05, 0) is 49.1 Å². The quantitative estimate of drug-likeness (QED) is 0.363. The first-order chi connectivity index (χ1) is 13.6. The largest absolute Gasteiger partial charge is 0.493 e. The van der Waals surface area contributed by atoms with Crippen molar-refractivity contribution < 1.29 is 14.3 Å². The lowest BCUT2D eigenvalue weighted by atomic mass is 10.1. The Hall–Kier alpha value is -2.27. The van der Waals surface area contributed by atoms with Crippen molar-refractivity contribution in [1.82, 2.24) is 5.32 Å². The van der Waals surface area contributed by atoms with E-state index in [9.17, 15) is 4.79 Å². The third-order valence-corrected chi connectivity index (χ3v) is 5.15. The van der Waals surface area contributed by atoms with E-state index in [4.69, 9.17) is 9.47 Å². The van der Waals surface area contributed by atoms with Gasteiger partial charge in [-0.1, -0.05) is 47.5 Å². The normalized spacial score (nSPS) is 11.2. The Bertz CT molecular complexity index is 817. The second-order valence-corrected chi connectivity index (χ2v) is 7.34. The summed E-state index contributed by atoms with van der Waals surface area (Å²) < 4.78 is 11.5. The molecular formula is C23H28BrNO3. The molecule has 1 N–H and O–H groups in total. The van der Waals surface area contributed by atoms with Crippen LogP contribution in [0.15, 0.2) is 58.7 Å². The van der Waals surface area contributed by atoms with Crippen molar-refractivity contribution in [3.63, 3.8) is 0 Å². The summed E-state index contributed by atoms with van der Waals surface area (Å²) in [6.07, 6.45) is 5.53. The van der Waals surface area contributed by atoms with E-state index in [-0.39, 0.29) is 5.78 Å². The molecule has 0 aliphatic carbocycles. The number of ketones is 1. The minimum Gasteiger partial charge on any atom is -0.493 e. The maximum Gasteiger partial charge on any atom is 0.188 e. The molecule has 0 aliphatic heterocycles. The van der Waals surface area contributed by atoms with Gasteiger partial charge in [0.25, 0.3) is 0 Å². The van der Waals surface area contributed by atoms with Crippen molar-refractivity contribution in [2.24, 2.45) is 0 Å². The number of ether oxygens (including phenoxy) is 2. The number of rotatable bonds is 11. The molecule has 2 aromatic carbocycles. The average molecular weight is 446 g/mol. The van der Waals surface area contributed by atoms with Crippen LogP contribution in [0.5, 0.6) is 11.5 Å². The number of carbonyl (C=O) groups excluding carboxylic acids is 1. The molecule has 4 nitrogen and oxygen atoms in total. The SMILES string of the molecule is CCCC/C(=C/C(=O)c1ccccc1Br)NCCc1ccc(OC)c(OC)c1. The van der Waals surface area contributed by atoms with Crippen LogP contribution in [-0.4, -0.2) is 26.5 Å². The molecule has 0 aliphatic rings. The van der Waals surface area contributed by atoms with Crippen molar-refractivity contribution >= 4 is 21.7 Å². The van der Waals surface area contributed by atoms with E-state index in [1.165, 1.54) is 0 Å². The van der Waals surface area contributed by atoms with E-state index in [1.54, 1.807) is 20.3 Å². The highest BCUT2D eigenvalue weighted by Crippen LogP contribution is 2.27. The minimum atomic E-state index is 0.0113. The molecule has 5 heteroatoms. The van der Waals surface area contributed by atoms with Crippen molar-refractivity contribution in [1.29, 1.82) is 0 Å². The molecule has 0 aromatic heterocycles. The summed E-state index contributed by atoms with van der Waals surface area (Å²) in [6.45, 7) is 2.89. The molecule has 2 rings (SSSR count). The van der Waals surface area contributed by atoms with Gasteiger partial charge >= 0.3 is 0 Å². The summed E-state index contributed by atoms with van der Waals surface area (Å²) in [7, 11) is 3.27. The molecule has 28 heavy (non-hydrogen) atoms.